The monoisotopic (exact) mass is 473 g/mol. The largest absolute Gasteiger partial charge is 0.311 e. The third-order valence-electron chi connectivity index (χ3n) is 5.12. The summed E-state index contributed by atoms with van der Waals surface area (Å²) >= 11 is 2.97. The molecule has 4 rings (SSSR count). The van der Waals surface area contributed by atoms with Crippen molar-refractivity contribution in [1.29, 1.82) is 0 Å². The van der Waals surface area contributed by atoms with Crippen molar-refractivity contribution >= 4 is 44.7 Å². The van der Waals surface area contributed by atoms with Gasteiger partial charge >= 0.3 is 0 Å². The van der Waals surface area contributed by atoms with E-state index in [1.165, 1.54) is 41.5 Å². The number of rotatable bonds is 6. The lowest BCUT2D eigenvalue weighted by molar-refractivity contribution is -0.116. The Morgan fingerprint density at radius 3 is 2.71 bits per heavy atom. The molecule has 0 N–H and O–H groups in total. The smallest absolute Gasteiger partial charge is 0.242 e. The fourth-order valence-electron chi connectivity index (χ4n) is 3.47. The molecule has 0 saturated carbocycles. The molecule has 0 fully saturated rings. The van der Waals surface area contributed by atoms with E-state index in [4.69, 9.17) is 0 Å². The van der Waals surface area contributed by atoms with Crippen molar-refractivity contribution in [2.24, 2.45) is 0 Å². The molecule has 9 heteroatoms. The number of fused-ring (bicyclic) bond motifs is 1. The zero-order chi connectivity index (χ0) is 22.0. The van der Waals surface area contributed by atoms with Crippen LogP contribution >= 0.6 is 23.1 Å². The maximum atomic E-state index is 13.0. The fourth-order valence-corrected chi connectivity index (χ4v) is 6.13. The second kappa shape index (κ2) is 9.12. The van der Waals surface area contributed by atoms with Crippen molar-refractivity contribution in [3.8, 4) is 11.3 Å². The van der Waals surface area contributed by atoms with Gasteiger partial charge in [0.05, 0.1) is 16.3 Å². The molecule has 1 aliphatic rings. The van der Waals surface area contributed by atoms with E-state index in [2.05, 4.69) is 4.98 Å². The normalized spacial score (nSPS) is 14.0. The van der Waals surface area contributed by atoms with Crippen LogP contribution in [0.5, 0.6) is 0 Å². The molecule has 1 aliphatic heterocycles. The number of hydrogen-bond acceptors (Lipinski definition) is 6. The summed E-state index contributed by atoms with van der Waals surface area (Å²) in [5.41, 5.74) is 3.68. The van der Waals surface area contributed by atoms with Gasteiger partial charge in [-0.3, -0.25) is 4.79 Å². The maximum Gasteiger partial charge on any atom is 0.242 e. The topological polar surface area (TPSA) is 70.6 Å². The van der Waals surface area contributed by atoms with Crippen LogP contribution in [0, 0.1) is 0 Å². The van der Waals surface area contributed by atoms with E-state index in [1.807, 2.05) is 35.7 Å². The van der Waals surface area contributed by atoms with Gasteiger partial charge in [-0.15, -0.1) is 11.3 Å². The number of hydrogen-bond donors (Lipinski definition) is 0. The van der Waals surface area contributed by atoms with Gasteiger partial charge < -0.3 is 4.90 Å². The molecular formula is C22H23N3O3S3. The van der Waals surface area contributed by atoms with E-state index in [1.54, 1.807) is 23.1 Å². The number of carbonyl (C=O) groups excluding carboxylic acids is 1. The van der Waals surface area contributed by atoms with E-state index < -0.39 is 10.0 Å². The number of amides is 1. The van der Waals surface area contributed by atoms with Crippen molar-refractivity contribution in [3.05, 3.63) is 59.5 Å². The molecule has 3 aromatic rings. The van der Waals surface area contributed by atoms with Gasteiger partial charge in [0.15, 0.2) is 4.34 Å². The molecule has 162 valence electrons. The van der Waals surface area contributed by atoms with Gasteiger partial charge in [0.1, 0.15) is 0 Å². The van der Waals surface area contributed by atoms with E-state index in [0.29, 0.717) is 12.3 Å². The highest BCUT2D eigenvalue weighted by atomic mass is 32.2. The Bertz CT molecular complexity index is 1190. The first kappa shape index (κ1) is 22.0. The number of carbonyl (C=O) groups is 1. The van der Waals surface area contributed by atoms with Gasteiger partial charge in [-0.1, -0.05) is 42.1 Å². The average molecular weight is 474 g/mol. The van der Waals surface area contributed by atoms with Crippen LogP contribution < -0.4 is 4.90 Å². The number of sulfonamides is 1. The molecule has 2 aromatic carbocycles. The lowest BCUT2D eigenvalue weighted by Crippen LogP contribution is -2.36. The average Bonchev–Trinajstić information content (AvgIpc) is 3.26. The molecule has 1 amide bonds. The summed E-state index contributed by atoms with van der Waals surface area (Å²) in [4.78, 5) is 19.6. The lowest BCUT2D eigenvalue weighted by Gasteiger charge is -2.30. The van der Waals surface area contributed by atoms with Crippen LogP contribution in [0.15, 0.2) is 63.1 Å². The van der Waals surface area contributed by atoms with Gasteiger partial charge in [0, 0.05) is 37.3 Å². The summed E-state index contributed by atoms with van der Waals surface area (Å²) in [5.74, 6) is 0.296. The van der Waals surface area contributed by atoms with Crippen molar-refractivity contribution in [1.82, 2.24) is 9.29 Å². The molecule has 2 heterocycles. The lowest BCUT2D eigenvalue weighted by atomic mass is 10.0. The van der Waals surface area contributed by atoms with E-state index in [-0.39, 0.29) is 10.8 Å². The molecule has 0 radical (unpaired) electrons. The summed E-state index contributed by atoms with van der Waals surface area (Å²) in [6.07, 6.45) is 1.57. The summed E-state index contributed by atoms with van der Waals surface area (Å²) < 4.78 is 26.9. The van der Waals surface area contributed by atoms with Crippen LogP contribution in [0.25, 0.3) is 11.3 Å². The van der Waals surface area contributed by atoms with Crippen molar-refractivity contribution in [3.63, 3.8) is 0 Å². The van der Waals surface area contributed by atoms with Crippen LogP contribution in [-0.2, 0) is 21.2 Å². The third kappa shape index (κ3) is 4.69. The van der Waals surface area contributed by atoms with Gasteiger partial charge in [-0.05, 0) is 36.6 Å². The highest BCUT2D eigenvalue weighted by molar-refractivity contribution is 8.01. The van der Waals surface area contributed by atoms with E-state index in [0.717, 1.165) is 39.7 Å². The summed E-state index contributed by atoms with van der Waals surface area (Å²) in [7, 11) is -0.461. The minimum absolute atomic E-state index is 0.00521. The van der Waals surface area contributed by atoms with Gasteiger partial charge in [0.2, 0.25) is 15.9 Å². The molecule has 0 unspecified atom stereocenters. The van der Waals surface area contributed by atoms with Crippen LogP contribution in [0.4, 0.5) is 5.69 Å². The SMILES string of the molecule is CN(C)S(=O)(=O)c1ccc2c(c1)CCCN2C(=O)CSc1nc(-c2ccccc2)cs1. The molecule has 1 aromatic heterocycles. The van der Waals surface area contributed by atoms with E-state index in [9.17, 15) is 13.2 Å². The van der Waals surface area contributed by atoms with Crippen LogP contribution in [0.1, 0.15) is 12.0 Å². The first-order valence-electron chi connectivity index (χ1n) is 9.86. The Morgan fingerprint density at radius 2 is 1.97 bits per heavy atom. The Kier molecular flexibility index (Phi) is 6.47. The second-order valence-electron chi connectivity index (χ2n) is 7.38. The summed E-state index contributed by atoms with van der Waals surface area (Å²) in [6.45, 7) is 0.638. The standard InChI is InChI=1S/C22H23N3O3S3/c1-24(2)31(27,28)18-10-11-20-17(13-18)9-6-12-25(20)21(26)15-30-22-23-19(14-29-22)16-7-4-3-5-8-16/h3-5,7-8,10-11,13-14H,6,9,12,15H2,1-2H3. The Morgan fingerprint density at radius 1 is 1.19 bits per heavy atom. The number of thiazole rings is 1. The molecule has 0 bridgehead atoms. The summed E-state index contributed by atoms with van der Waals surface area (Å²) in [6, 6.07) is 15.0. The Hall–Kier alpha value is -2.20. The Labute approximate surface area is 191 Å². The number of anilines is 1. The Balaban J connectivity index is 1.47. The molecule has 0 atom stereocenters. The molecular weight excluding hydrogens is 450 g/mol. The molecule has 0 saturated heterocycles. The second-order valence-corrected chi connectivity index (χ2v) is 11.6. The molecule has 6 nitrogen and oxygen atoms in total. The highest BCUT2D eigenvalue weighted by Crippen LogP contribution is 2.32. The molecule has 31 heavy (non-hydrogen) atoms. The minimum atomic E-state index is -3.50. The zero-order valence-electron chi connectivity index (χ0n) is 17.3. The number of thioether (sulfide) groups is 1. The van der Waals surface area contributed by atoms with Gasteiger partial charge in [-0.25, -0.2) is 17.7 Å². The first-order chi connectivity index (χ1) is 14.9. The van der Waals surface area contributed by atoms with E-state index >= 15 is 0 Å². The molecule has 0 spiro atoms. The van der Waals surface area contributed by atoms with Gasteiger partial charge in [0.25, 0.3) is 0 Å². The predicted molar refractivity (Wildman–Crippen MR) is 126 cm³/mol. The predicted octanol–water partition coefficient (Wildman–Crippen LogP) is 4.13. The van der Waals surface area contributed by atoms with Crippen molar-refractivity contribution in [2.75, 3.05) is 31.3 Å². The molecule has 0 aliphatic carbocycles. The first-order valence-corrected chi connectivity index (χ1v) is 13.2. The number of aryl methyl sites for hydroxylation is 1. The summed E-state index contributed by atoms with van der Waals surface area (Å²) in [5, 5.41) is 2.01. The van der Waals surface area contributed by atoms with Crippen molar-refractivity contribution < 1.29 is 13.2 Å². The van der Waals surface area contributed by atoms with Gasteiger partial charge in [-0.2, -0.15) is 0 Å². The minimum Gasteiger partial charge on any atom is -0.311 e. The quantitative estimate of drug-likeness (QED) is 0.504. The van der Waals surface area contributed by atoms with Crippen LogP contribution in [0.2, 0.25) is 0 Å². The van der Waals surface area contributed by atoms with Crippen LogP contribution in [0.3, 0.4) is 0 Å². The number of benzene rings is 2. The highest BCUT2D eigenvalue weighted by Gasteiger charge is 2.26. The maximum absolute atomic E-state index is 13.0. The zero-order valence-corrected chi connectivity index (χ0v) is 19.8. The fraction of sp³-hybridized carbons (Fsp3) is 0.273. The number of nitrogens with zero attached hydrogens (tertiary/aromatic N) is 3. The van der Waals surface area contributed by atoms with Crippen molar-refractivity contribution in [2.45, 2.75) is 22.1 Å². The van der Waals surface area contributed by atoms with Crippen LogP contribution in [-0.4, -0.2) is 50.0 Å². The third-order valence-corrected chi connectivity index (χ3v) is 8.94. The number of aromatic nitrogens is 1.